The summed E-state index contributed by atoms with van der Waals surface area (Å²) in [4.78, 5) is 25.5. The number of aromatic nitrogens is 1. The van der Waals surface area contributed by atoms with Crippen LogP contribution in [0.4, 0.5) is 11.4 Å². The van der Waals surface area contributed by atoms with E-state index in [0.29, 0.717) is 11.4 Å². The van der Waals surface area contributed by atoms with E-state index >= 15 is 0 Å². The molecule has 0 aliphatic carbocycles. The minimum absolute atomic E-state index is 0.0709. The van der Waals surface area contributed by atoms with E-state index in [1.165, 1.54) is 18.2 Å². The summed E-state index contributed by atoms with van der Waals surface area (Å²) in [7, 11) is 0. The number of hydrogen-bond donors (Lipinski definition) is 2. The molecular weight excluding hydrogens is 350 g/mol. The number of carbonyl (C=O) groups excluding carboxylic acids is 1. The van der Waals surface area contributed by atoms with Crippen molar-refractivity contribution in [2.45, 2.75) is 0 Å². The van der Waals surface area contributed by atoms with Gasteiger partial charge in [-0.05, 0) is 24.3 Å². The van der Waals surface area contributed by atoms with E-state index < -0.39 is 4.92 Å². The number of fused-ring (bicyclic) bond motifs is 1. The molecule has 2 aromatic carbocycles. The fourth-order valence-electron chi connectivity index (χ4n) is 2.12. The molecule has 0 bridgehead atoms. The molecule has 0 fully saturated rings. The number of H-pyrrole nitrogens is 1. The maximum absolute atomic E-state index is 12.2. The quantitative estimate of drug-likeness (QED) is 0.545. The van der Waals surface area contributed by atoms with Crippen LogP contribution in [-0.4, -0.2) is 15.8 Å². The van der Waals surface area contributed by atoms with Gasteiger partial charge < -0.3 is 10.3 Å². The van der Waals surface area contributed by atoms with Gasteiger partial charge in [0.15, 0.2) is 0 Å². The van der Waals surface area contributed by atoms with Crippen molar-refractivity contribution in [1.82, 2.24) is 4.98 Å². The van der Waals surface area contributed by atoms with Crippen LogP contribution in [0.5, 0.6) is 0 Å². The molecule has 110 valence electrons. The van der Waals surface area contributed by atoms with Gasteiger partial charge in [0, 0.05) is 33.2 Å². The van der Waals surface area contributed by atoms with Crippen molar-refractivity contribution in [3.05, 3.63) is 68.8 Å². The van der Waals surface area contributed by atoms with Crippen molar-refractivity contribution in [3.8, 4) is 0 Å². The van der Waals surface area contributed by atoms with E-state index in [4.69, 9.17) is 0 Å². The Morgan fingerprint density at radius 2 is 2.00 bits per heavy atom. The standard InChI is InChI=1S/C15H10BrN3O3/c16-10-5-4-9-6-14(18-13(9)7-10)15(20)17-11-2-1-3-12(8-11)19(21)22/h1-8,18H,(H,17,20). The normalized spacial score (nSPS) is 10.6. The topological polar surface area (TPSA) is 88.0 Å². The van der Waals surface area contributed by atoms with Crippen molar-refractivity contribution >= 4 is 44.1 Å². The summed E-state index contributed by atoms with van der Waals surface area (Å²) in [5, 5.41) is 14.3. The third-order valence-electron chi connectivity index (χ3n) is 3.14. The van der Waals surface area contributed by atoms with E-state index in [0.717, 1.165) is 15.4 Å². The Morgan fingerprint density at radius 3 is 2.77 bits per heavy atom. The summed E-state index contributed by atoms with van der Waals surface area (Å²) in [6.45, 7) is 0. The molecule has 0 aliphatic rings. The zero-order valence-corrected chi connectivity index (χ0v) is 12.8. The number of nitro groups is 1. The fourth-order valence-corrected chi connectivity index (χ4v) is 2.48. The summed E-state index contributed by atoms with van der Waals surface area (Å²) in [6, 6.07) is 13.2. The van der Waals surface area contributed by atoms with Crippen LogP contribution in [0.15, 0.2) is 53.0 Å². The summed E-state index contributed by atoms with van der Waals surface area (Å²) in [6.07, 6.45) is 0. The van der Waals surface area contributed by atoms with Gasteiger partial charge >= 0.3 is 0 Å². The third-order valence-corrected chi connectivity index (χ3v) is 3.64. The molecule has 0 unspecified atom stereocenters. The average Bonchev–Trinajstić information content (AvgIpc) is 2.90. The highest BCUT2D eigenvalue weighted by molar-refractivity contribution is 9.10. The Morgan fingerprint density at radius 1 is 1.18 bits per heavy atom. The number of rotatable bonds is 3. The van der Waals surface area contributed by atoms with Crippen LogP contribution in [-0.2, 0) is 0 Å². The molecule has 0 spiro atoms. The first-order chi connectivity index (χ1) is 10.5. The van der Waals surface area contributed by atoms with Crippen molar-refractivity contribution in [2.24, 2.45) is 0 Å². The number of non-ortho nitro benzene ring substituents is 1. The van der Waals surface area contributed by atoms with E-state index in [2.05, 4.69) is 26.2 Å². The Balaban J connectivity index is 1.86. The largest absolute Gasteiger partial charge is 0.350 e. The molecule has 7 heteroatoms. The zero-order chi connectivity index (χ0) is 15.7. The number of amides is 1. The Bertz CT molecular complexity index is 889. The first-order valence-corrected chi connectivity index (χ1v) is 7.16. The van der Waals surface area contributed by atoms with E-state index in [1.807, 2.05) is 18.2 Å². The number of anilines is 1. The number of nitrogens with zero attached hydrogens (tertiary/aromatic N) is 1. The number of carbonyl (C=O) groups is 1. The summed E-state index contributed by atoms with van der Waals surface area (Å²) >= 11 is 3.37. The van der Waals surface area contributed by atoms with Gasteiger partial charge in [0.05, 0.1) is 4.92 Å². The molecule has 0 aliphatic heterocycles. The molecule has 1 amide bonds. The molecule has 1 aromatic heterocycles. The molecule has 6 nitrogen and oxygen atoms in total. The second-order valence-corrected chi connectivity index (χ2v) is 5.59. The van der Waals surface area contributed by atoms with Gasteiger partial charge in [0.25, 0.3) is 11.6 Å². The predicted octanol–water partition coefficient (Wildman–Crippen LogP) is 4.09. The molecule has 3 aromatic rings. The Labute approximate surface area is 133 Å². The van der Waals surface area contributed by atoms with Crippen LogP contribution in [0.25, 0.3) is 10.9 Å². The minimum Gasteiger partial charge on any atom is -0.350 e. The van der Waals surface area contributed by atoms with Gasteiger partial charge in [-0.1, -0.05) is 28.1 Å². The van der Waals surface area contributed by atoms with Crippen molar-refractivity contribution in [3.63, 3.8) is 0 Å². The number of halogens is 1. The van der Waals surface area contributed by atoms with E-state index in [9.17, 15) is 14.9 Å². The molecule has 22 heavy (non-hydrogen) atoms. The predicted molar refractivity (Wildman–Crippen MR) is 87.0 cm³/mol. The Hall–Kier alpha value is -2.67. The first-order valence-electron chi connectivity index (χ1n) is 6.37. The van der Waals surface area contributed by atoms with Crippen molar-refractivity contribution in [2.75, 3.05) is 5.32 Å². The van der Waals surface area contributed by atoms with Crippen molar-refractivity contribution in [1.29, 1.82) is 0 Å². The molecule has 0 atom stereocenters. The van der Waals surface area contributed by atoms with Gasteiger partial charge in [-0.2, -0.15) is 0 Å². The highest BCUT2D eigenvalue weighted by Crippen LogP contribution is 2.22. The lowest BCUT2D eigenvalue weighted by Gasteiger charge is -2.03. The fraction of sp³-hybridized carbons (Fsp3) is 0. The molecular formula is C15H10BrN3O3. The lowest BCUT2D eigenvalue weighted by Crippen LogP contribution is -2.12. The van der Waals surface area contributed by atoms with Crippen LogP contribution >= 0.6 is 15.9 Å². The second kappa shape index (κ2) is 5.61. The number of nitro benzene ring substituents is 1. The molecule has 0 radical (unpaired) electrons. The van der Waals surface area contributed by atoms with E-state index in [1.54, 1.807) is 12.1 Å². The third kappa shape index (κ3) is 2.84. The number of aromatic amines is 1. The van der Waals surface area contributed by atoms with Crippen LogP contribution in [0.1, 0.15) is 10.5 Å². The lowest BCUT2D eigenvalue weighted by molar-refractivity contribution is -0.384. The van der Waals surface area contributed by atoms with Gasteiger partial charge in [-0.15, -0.1) is 0 Å². The van der Waals surface area contributed by atoms with Crippen LogP contribution in [0.2, 0.25) is 0 Å². The highest BCUT2D eigenvalue weighted by atomic mass is 79.9. The van der Waals surface area contributed by atoms with Gasteiger partial charge in [-0.3, -0.25) is 14.9 Å². The monoisotopic (exact) mass is 359 g/mol. The van der Waals surface area contributed by atoms with E-state index in [-0.39, 0.29) is 11.6 Å². The van der Waals surface area contributed by atoms with Crippen LogP contribution in [0.3, 0.4) is 0 Å². The van der Waals surface area contributed by atoms with Gasteiger partial charge in [0.2, 0.25) is 0 Å². The number of hydrogen-bond acceptors (Lipinski definition) is 3. The Kier molecular flexibility index (Phi) is 3.64. The second-order valence-electron chi connectivity index (χ2n) is 4.68. The summed E-state index contributed by atoms with van der Waals surface area (Å²) in [5.41, 5.74) is 1.52. The molecule has 1 heterocycles. The highest BCUT2D eigenvalue weighted by Gasteiger charge is 2.12. The molecule has 0 saturated heterocycles. The molecule has 3 rings (SSSR count). The maximum atomic E-state index is 12.2. The number of benzene rings is 2. The van der Waals surface area contributed by atoms with Crippen molar-refractivity contribution < 1.29 is 9.72 Å². The number of nitrogens with one attached hydrogen (secondary N) is 2. The van der Waals surface area contributed by atoms with Crippen LogP contribution in [0, 0.1) is 10.1 Å². The van der Waals surface area contributed by atoms with Crippen LogP contribution < -0.4 is 5.32 Å². The first kappa shape index (κ1) is 14.3. The summed E-state index contributed by atoms with van der Waals surface area (Å²) < 4.78 is 0.910. The zero-order valence-electron chi connectivity index (χ0n) is 11.2. The molecule has 0 saturated carbocycles. The maximum Gasteiger partial charge on any atom is 0.272 e. The average molecular weight is 360 g/mol. The SMILES string of the molecule is O=C(Nc1cccc([N+](=O)[O-])c1)c1cc2ccc(Br)cc2[nH]1. The minimum atomic E-state index is -0.504. The van der Waals surface area contributed by atoms with Gasteiger partial charge in [0.1, 0.15) is 5.69 Å². The van der Waals surface area contributed by atoms with Gasteiger partial charge in [-0.25, -0.2) is 0 Å². The molecule has 2 N–H and O–H groups in total. The lowest BCUT2D eigenvalue weighted by atomic mass is 10.2. The smallest absolute Gasteiger partial charge is 0.272 e. The summed E-state index contributed by atoms with van der Waals surface area (Å²) in [5.74, 6) is -0.354.